The summed E-state index contributed by atoms with van der Waals surface area (Å²) in [5, 5.41) is 3.24. The van der Waals surface area contributed by atoms with E-state index in [-0.39, 0.29) is 23.9 Å². The highest BCUT2D eigenvalue weighted by Gasteiger charge is 2.52. The molecule has 2 amide bonds. The van der Waals surface area contributed by atoms with Crippen molar-refractivity contribution in [3.8, 4) is 0 Å². The van der Waals surface area contributed by atoms with Gasteiger partial charge in [-0.25, -0.2) is 9.59 Å². The van der Waals surface area contributed by atoms with Crippen molar-refractivity contribution in [2.75, 3.05) is 19.6 Å². The van der Waals surface area contributed by atoms with Gasteiger partial charge in [0.15, 0.2) is 0 Å². The number of β-lactam (4-membered cyclic amide) rings is 1. The maximum absolute atomic E-state index is 12.9. The van der Waals surface area contributed by atoms with Gasteiger partial charge in [-0.1, -0.05) is 0 Å². The van der Waals surface area contributed by atoms with Gasteiger partial charge in [0.2, 0.25) is 11.8 Å². The molecule has 4 heterocycles. The zero-order valence-corrected chi connectivity index (χ0v) is 17.1. The number of hydrogen-bond acceptors (Lipinski definition) is 7. The number of nitrogens with two attached hydrogens (primary N) is 1. The highest BCUT2D eigenvalue weighted by molar-refractivity contribution is 6.05. The third-order valence-electron chi connectivity index (χ3n) is 6.35. The summed E-state index contributed by atoms with van der Waals surface area (Å²) in [6.45, 7) is 2.07. The predicted octanol–water partition coefficient (Wildman–Crippen LogP) is 0.115. The monoisotopic (exact) mass is 456 g/mol. The fourth-order valence-electron chi connectivity index (χ4n) is 4.71. The lowest BCUT2D eigenvalue weighted by Gasteiger charge is -2.48. The zero-order valence-electron chi connectivity index (χ0n) is 17.1. The average molecular weight is 456 g/mol. The molecule has 12 heteroatoms. The number of nitrogens with zero attached hydrogens (tertiary/aromatic N) is 2. The van der Waals surface area contributed by atoms with E-state index in [0.717, 1.165) is 24.3 Å². The van der Waals surface area contributed by atoms with Gasteiger partial charge in [0.25, 0.3) is 0 Å². The lowest BCUT2D eigenvalue weighted by atomic mass is 9.83. The molecule has 3 atom stereocenters. The molecule has 0 bridgehead atoms. The lowest BCUT2D eigenvalue weighted by Crippen LogP contribution is -2.69. The van der Waals surface area contributed by atoms with Crippen LogP contribution in [0, 0.1) is 0 Å². The number of likely N-dealkylation sites (tertiary alicyclic amines) is 1. The smallest absolute Gasteiger partial charge is 0.382 e. The first-order valence-electron chi connectivity index (χ1n) is 10.5. The number of amides is 2. The van der Waals surface area contributed by atoms with Crippen LogP contribution in [0.5, 0.6) is 0 Å². The lowest BCUT2D eigenvalue weighted by molar-refractivity contribution is -0.201. The maximum atomic E-state index is 12.9. The minimum Gasteiger partial charge on any atom is -0.382 e. The van der Waals surface area contributed by atoms with Crippen molar-refractivity contribution in [1.82, 2.24) is 15.1 Å². The van der Waals surface area contributed by atoms with Gasteiger partial charge in [0.05, 0.1) is 6.04 Å². The number of alkyl halides is 3. The second-order valence-corrected chi connectivity index (χ2v) is 8.31. The van der Waals surface area contributed by atoms with E-state index >= 15 is 0 Å². The number of halogens is 3. The first kappa shape index (κ1) is 22.5. The van der Waals surface area contributed by atoms with E-state index in [2.05, 4.69) is 10.1 Å². The van der Waals surface area contributed by atoms with Crippen LogP contribution in [0.3, 0.4) is 0 Å². The number of fused-ring (bicyclic) bond motifs is 1. The molecule has 174 valence electrons. The van der Waals surface area contributed by atoms with Crippen LogP contribution < -0.4 is 11.1 Å². The fraction of sp³-hybridized carbons (Fsp3) is 0.600. The number of hydrogen-bond donors (Lipinski definition) is 2. The average Bonchev–Trinajstić information content (AvgIpc) is 3.12. The third-order valence-corrected chi connectivity index (χ3v) is 6.35. The topological polar surface area (TPSA) is 122 Å². The summed E-state index contributed by atoms with van der Waals surface area (Å²) in [5.74, 6) is -5.11. The third kappa shape index (κ3) is 3.92. The molecular formula is C20H23F3N4O5. The summed E-state index contributed by atoms with van der Waals surface area (Å²) < 4.78 is 41.8. The zero-order chi connectivity index (χ0) is 23.2. The van der Waals surface area contributed by atoms with Gasteiger partial charge in [0, 0.05) is 24.7 Å². The molecule has 3 fully saturated rings. The van der Waals surface area contributed by atoms with Crippen molar-refractivity contribution in [2.24, 2.45) is 5.73 Å². The Kier molecular flexibility index (Phi) is 5.84. The molecular weight excluding hydrogens is 433 g/mol. The number of ether oxygens (including phenoxy) is 1. The van der Waals surface area contributed by atoms with Crippen LogP contribution in [-0.4, -0.2) is 77.5 Å². The van der Waals surface area contributed by atoms with Crippen LogP contribution in [0.15, 0.2) is 22.9 Å². The highest BCUT2D eigenvalue weighted by atomic mass is 19.4. The van der Waals surface area contributed by atoms with E-state index < -0.39 is 41.8 Å². The molecule has 9 nitrogen and oxygen atoms in total. The van der Waals surface area contributed by atoms with Gasteiger partial charge in [-0.15, -0.1) is 0 Å². The molecule has 0 saturated carbocycles. The Labute approximate surface area is 181 Å². The molecule has 32 heavy (non-hydrogen) atoms. The molecule has 3 saturated heterocycles. The number of nitrogens with one attached hydrogen (secondary N) is 1. The van der Waals surface area contributed by atoms with E-state index in [1.807, 2.05) is 0 Å². The van der Waals surface area contributed by atoms with Crippen LogP contribution in [0.4, 0.5) is 13.2 Å². The number of esters is 2. The van der Waals surface area contributed by atoms with E-state index in [9.17, 15) is 32.3 Å². The van der Waals surface area contributed by atoms with Gasteiger partial charge in [-0.05, 0) is 50.3 Å². The molecule has 3 N–H and O–H groups in total. The van der Waals surface area contributed by atoms with Gasteiger partial charge >= 0.3 is 18.1 Å². The quantitative estimate of drug-likeness (QED) is 0.268. The molecule has 0 aromatic rings. The Balaban J connectivity index is 1.63. The predicted molar refractivity (Wildman–Crippen MR) is 102 cm³/mol. The molecule has 4 aliphatic heterocycles. The Morgan fingerprint density at radius 3 is 2.59 bits per heavy atom. The number of rotatable bonds is 3. The minimum atomic E-state index is -5.37. The van der Waals surface area contributed by atoms with Crippen molar-refractivity contribution < 1.29 is 37.1 Å². The second-order valence-electron chi connectivity index (χ2n) is 8.31. The summed E-state index contributed by atoms with van der Waals surface area (Å²) >= 11 is 0. The van der Waals surface area contributed by atoms with E-state index in [1.165, 1.54) is 6.08 Å². The maximum Gasteiger partial charge on any atom is 0.491 e. The Hall–Kier alpha value is -2.73. The molecule has 0 spiro atoms. The van der Waals surface area contributed by atoms with Crippen molar-refractivity contribution in [3.05, 3.63) is 22.9 Å². The molecule has 0 aliphatic carbocycles. The molecule has 0 aromatic carbocycles. The van der Waals surface area contributed by atoms with Gasteiger partial charge < -0.3 is 20.7 Å². The first-order valence-corrected chi connectivity index (χ1v) is 10.5. The molecule has 0 radical (unpaired) electrons. The number of allylic oxidation sites excluding steroid dienone is 2. The summed E-state index contributed by atoms with van der Waals surface area (Å²) in [7, 11) is 0. The first-order chi connectivity index (χ1) is 15.1. The van der Waals surface area contributed by atoms with E-state index in [0.29, 0.717) is 31.5 Å². The molecule has 0 aromatic heterocycles. The second kappa shape index (κ2) is 8.32. The van der Waals surface area contributed by atoms with E-state index in [1.54, 1.807) is 4.90 Å². The normalized spacial score (nSPS) is 29.9. The van der Waals surface area contributed by atoms with Crippen LogP contribution in [0.25, 0.3) is 0 Å². The summed E-state index contributed by atoms with van der Waals surface area (Å²) in [5.41, 5.74) is 5.88. The Morgan fingerprint density at radius 2 is 1.94 bits per heavy atom. The van der Waals surface area contributed by atoms with Gasteiger partial charge in [-0.2, -0.15) is 13.2 Å². The molecule has 4 aliphatic rings. The van der Waals surface area contributed by atoms with Crippen molar-refractivity contribution in [2.45, 2.75) is 56.4 Å². The van der Waals surface area contributed by atoms with Gasteiger partial charge in [-0.3, -0.25) is 14.5 Å². The van der Waals surface area contributed by atoms with Crippen molar-refractivity contribution in [1.29, 1.82) is 0 Å². The summed E-state index contributed by atoms with van der Waals surface area (Å²) in [4.78, 5) is 51.6. The summed E-state index contributed by atoms with van der Waals surface area (Å²) in [6, 6.07) is -1.40. The minimum absolute atomic E-state index is 0.0515. The number of piperidine rings is 1. The number of carbonyl (C=O) groups is 4. The van der Waals surface area contributed by atoms with Crippen LogP contribution in [0.2, 0.25) is 0 Å². The molecule has 1 unspecified atom stereocenters. The number of carbonyl (C=O) groups excluding carboxylic acids is 4. The van der Waals surface area contributed by atoms with Crippen LogP contribution >= 0.6 is 0 Å². The van der Waals surface area contributed by atoms with Crippen LogP contribution in [0.1, 0.15) is 32.1 Å². The van der Waals surface area contributed by atoms with Crippen molar-refractivity contribution >= 4 is 23.8 Å². The Bertz CT molecular complexity index is 923. The molecule has 4 rings (SSSR count). The van der Waals surface area contributed by atoms with E-state index in [4.69, 9.17) is 5.73 Å². The van der Waals surface area contributed by atoms with Crippen molar-refractivity contribution in [3.63, 3.8) is 0 Å². The Morgan fingerprint density at radius 1 is 1.19 bits per heavy atom. The SMILES string of the molecule is N[C@@H]1C(=O)N2C(C(=O)OC(=O)C(F)(F)F)=C(/C=C3\CCN(C4CCCNC4)C3=O)CC[C@H]12. The van der Waals surface area contributed by atoms with Crippen LogP contribution in [-0.2, 0) is 23.9 Å². The fourth-order valence-corrected chi connectivity index (χ4v) is 4.71. The standard InChI is InChI=1S/C20H23F3N4O5/c21-20(22,23)19(31)32-18(30)15-10(3-4-13-14(24)17(29)27(13)15)8-11-5-7-26(16(11)28)12-2-1-6-25-9-12/h8,12-14,25H,1-7,9,24H2/b11-8+/t12?,13-,14+/m1/s1. The summed E-state index contributed by atoms with van der Waals surface area (Å²) in [6.07, 6.45) is -1.13. The van der Waals surface area contributed by atoms with Gasteiger partial charge in [0.1, 0.15) is 11.7 Å². The highest BCUT2D eigenvalue weighted by Crippen LogP contribution is 2.38. The largest absolute Gasteiger partial charge is 0.491 e.